The molecule has 3 aromatic rings. The van der Waals surface area contributed by atoms with Crippen LogP contribution in [0.5, 0.6) is 0 Å². The molecule has 146 valence electrons. The van der Waals surface area contributed by atoms with E-state index in [-0.39, 0.29) is 11.8 Å². The normalized spacial score (nSPS) is 16.3. The highest BCUT2D eigenvalue weighted by atomic mass is 19.4. The second kappa shape index (κ2) is 6.92. The molecule has 1 saturated heterocycles. The molecule has 0 saturated carbocycles. The van der Waals surface area contributed by atoms with Crippen LogP contribution in [0.3, 0.4) is 0 Å². The van der Waals surface area contributed by atoms with Crippen molar-refractivity contribution in [2.45, 2.75) is 18.9 Å². The van der Waals surface area contributed by atoms with E-state index in [1.807, 2.05) is 0 Å². The molecule has 1 aliphatic heterocycles. The second-order valence-electron chi connectivity index (χ2n) is 6.30. The second-order valence-corrected chi connectivity index (χ2v) is 6.30. The van der Waals surface area contributed by atoms with E-state index in [4.69, 9.17) is 13.9 Å². The smallest absolute Gasteiger partial charge is 0.415 e. The molecular formula is C19H16F3N3O3. The minimum Gasteiger partial charge on any atom is -0.415 e. The van der Waals surface area contributed by atoms with Crippen LogP contribution in [0, 0.1) is 0 Å². The van der Waals surface area contributed by atoms with Crippen molar-refractivity contribution in [2.75, 3.05) is 18.5 Å². The number of anilines is 2. The Morgan fingerprint density at radius 1 is 0.964 bits per heavy atom. The van der Waals surface area contributed by atoms with Gasteiger partial charge in [-0.25, -0.2) is 0 Å². The minimum absolute atomic E-state index is 0.198. The van der Waals surface area contributed by atoms with E-state index < -0.39 is 17.5 Å². The molecule has 0 radical (unpaired) electrons. The first-order chi connectivity index (χ1) is 13.4. The van der Waals surface area contributed by atoms with Crippen molar-refractivity contribution in [1.82, 2.24) is 10.2 Å². The van der Waals surface area contributed by atoms with Crippen LogP contribution >= 0.6 is 0 Å². The molecule has 28 heavy (non-hydrogen) atoms. The van der Waals surface area contributed by atoms with Gasteiger partial charge in [0.05, 0.1) is 30.0 Å². The number of halogens is 3. The van der Waals surface area contributed by atoms with Crippen LogP contribution in [-0.4, -0.2) is 23.4 Å². The van der Waals surface area contributed by atoms with E-state index in [2.05, 4.69) is 15.5 Å². The van der Waals surface area contributed by atoms with E-state index in [0.717, 1.165) is 12.1 Å². The summed E-state index contributed by atoms with van der Waals surface area (Å²) in [5.41, 5.74) is 0.992. The highest BCUT2D eigenvalue weighted by Gasteiger charge is 2.39. The third kappa shape index (κ3) is 3.58. The summed E-state index contributed by atoms with van der Waals surface area (Å²) in [5.74, 6) is -0.643. The average Bonchev–Trinajstić information content (AvgIpc) is 3.32. The Labute approximate surface area is 158 Å². The van der Waals surface area contributed by atoms with Crippen molar-refractivity contribution in [3.63, 3.8) is 0 Å². The Morgan fingerprint density at radius 2 is 1.64 bits per heavy atom. The van der Waals surface area contributed by atoms with Gasteiger partial charge in [-0.15, -0.1) is 10.2 Å². The van der Waals surface area contributed by atoms with E-state index in [1.165, 1.54) is 12.1 Å². The molecular weight excluding hydrogens is 375 g/mol. The fourth-order valence-corrected chi connectivity index (χ4v) is 2.83. The van der Waals surface area contributed by atoms with Gasteiger partial charge in [0.25, 0.3) is 5.89 Å². The first kappa shape index (κ1) is 18.5. The van der Waals surface area contributed by atoms with Crippen LogP contribution in [0.15, 0.2) is 52.9 Å². The molecule has 6 nitrogen and oxygen atoms in total. The Bertz CT molecular complexity index is 964. The molecule has 1 aliphatic rings. The largest absolute Gasteiger partial charge is 0.416 e. The molecule has 2 aromatic carbocycles. The molecule has 0 aliphatic carbocycles. The number of rotatable bonds is 4. The molecule has 0 bridgehead atoms. The maximum atomic E-state index is 12.7. The van der Waals surface area contributed by atoms with Gasteiger partial charge in [-0.3, -0.25) is 0 Å². The van der Waals surface area contributed by atoms with Gasteiger partial charge in [-0.2, -0.15) is 13.2 Å². The predicted molar refractivity (Wildman–Crippen MR) is 93.7 cm³/mol. The van der Waals surface area contributed by atoms with Crippen LogP contribution in [0.4, 0.5) is 24.5 Å². The number of nitrogens with zero attached hydrogens (tertiary/aromatic N) is 2. The number of para-hydroxylation sites is 1. The summed E-state index contributed by atoms with van der Waals surface area (Å²) >= 11 is 0. The molecule has 0 amide bonds. The summed E-state index contributed by atoms with van der Waals surface area (Å²) in [6.45, 7) is 2.56. The summed E-state index contributed by atoms with van der Waals surface area (Å²) in [7, 11) is 0. The number of hydrogen-bond acceptors (Lipinski definition) is 6. The van der Waals surface area contributed by atoms with Crippen molar-refractivity contribution in [3.8, 4) is 11.5 Å². The van der Waals surface area contributed by atoms with Crippen molar-refractivity contribution >= 4 is 11.4 Å². The lowest BCUT2D eigenvalue weighted by Gasteiger charge is -2.16. The van der Waals surface area contributed by atoms with E-state index in [1.54, 1.807) is 31.2 Å². The van der Waals surface area contributed by atoms with Gasteiger partial charge in [-0.05, 0) is 43.3 Å². The van der Waals surface area contributed by atoms with Crippen molar-refractivity contribution in [2.24, 2.45) is 0 Å². The Hall–Kier alpha value is -2.91. The van der Waals surface area contributed by atoms with Gasteiger partial charge in [0.1, 0.15) is 0 Å². The zero-order valence-corrected chi connectivity index (χ0v) is 14.8. The molecule has 1 aromatic heterocycles. The number of benzene rings is 2. The highest BCUT2D eigenvalue weighted by Crippen LogP contribution is 2.35. The summed E-state index contributed by atoms with van der Waals surface area (Å²) < 4.78 is 54.9. The van der Waals surface area contributed by atoms with Crippen LogP contribution in [0.2, 0.25) is 0 Å². The molecule has 0 unspecified atom stereocenters. The molecule has 9 heteroatoms. The Kier molecular flexibility index (Phi) is 4.56. The topological polar surface area (TPSA) is 69.4 Å². The number of alkyl halides is 3. The number of hydrogen-bond donors (Lipinski definition) is 1. The predicted octanol–water partition coefficient (Wildman–Crippen LogP) is 4.72. The standard InChI is InChI=1S/C19H16F3N3O3/c1-18(26-10-11-27-18)17-25-24-16(28-17)14-4-2-3-5-15(14)23-13-8-6-12(7-9-13)19(20,21)22/h2-9,23H,10-11H2,1H3. The van der Waals surface area contributed by atoms with Crippen molar-refractivity contribution < 1.29 is 27.1 Å². The van der Waals surface area contributed by atoms with Gasteiger partial charge in [0.15, 0.2) is 0 Å². The molecule has 4 rings (SSSR count). The van der Waals surface area contributed by atoms with Crippen LogP contribution < -0.4 is 5.32 Å². The first-order valence-corrected chi connectivity index (χ1v) is 8.51. The van der Waals surface area contributed by atoms with Gasteiger partial charge in [0, 0.05) is 5.69 Å². The summed E-state index contributed by atoms with van der Waals surface area (Å²) in [6, 6.07) is 11.9. The maximum absolute atomic E-state index is 12.7. The molecule has 0 spiro atoms. The van der Waals surface area contributed by atoms with E-state index in [9.17, 15) is 13.2 Å². The van der Waals surface area contributed by atoms with Gasteiger partial charge < -0.3 is 19.2 Å². The zero-order chi connectivity index (χ0) is 19.8. The minimum atomic E-state index is -4.38. The highest BCUT2D eigenvalue weighted by molar-refractivity contribution is 5.76. The molecule has 0 atom stereocenters. The number of nitrogens with one attached hydrogen (secondary N) is 1. The number of aromatic nitrogens is 2. The van der Waals surface area contributed by atoms with E-state index in [0.29, 0.717) is 30.2 Å². The van der Waals surface area contributed by atoms with Crippen LogP contribution in [-0.2, 0) is 21.4 Å². The van der Waals surface area contributed by atoms with Crippen LogP contribution in [0.25, 0.3) is 11.5 Å². The molecule has 1 N–H and O–H groups in total. The fourth-order valence-electron chi connectivity index (χ4n) is 2.83. The van der Waals surface area contributed by atoms with Crippen molar-refractivity contribution in [3.05, 3.63) is 60.0 Å². The zero-order valence-electron chi connectivity index (χ0n) is 14.8. The van der Waals surface area contributed by atoms with Gasteiger partial charge >= 0.3 is 6.18 Å². The van der Waals surface area contributed by atoms with Crippen molar-refractivity contribution in [1.29, 1.82) is 0 Å². The third-order valence-electron chi connectivity index (χ3n) is 4.30. The van der Waals surface area contributed by atoms with E-state index >= 15 is 0 Å². The molecule has 2 heterocycles. The summed E-state index contributed by atoms with van der Waals surface area (Å²) in [5, 5.41) is 11.2. The number of ether oxygens (including phenoxy) is 2. The SMILES string of the molecule is CC1(c2nnc(-c3ccccc3Nc3ccc(C(F)(F)F)cc3)o2)OCCO1. The monoisotopic (exact) mass is 391 g/mol. The van der Waals surface area contributed by atoms with Crippen LogP contribution in [0.1, 0.15) is 18.4 Å². The lowest BCUT2D eigenvalue weighted by molar-refractivity contribution is -0.166. The summed E-state index contributed by atoms with van der Waals surface area (Å²) in [4.78, 5) is 0. The Morgan fingerprint density at radius 3 is 2.32 bits per heavy atom. The quantitative estimate of drug-likeness (QED) is 0.694. The lowest BCUT2D eigenvalue weighted by atomic mass is 10.1. The van der Waals surface area contributed by atoms with Gasteiger partial charge in [-0.1, -0.05) is 12.1 Å². The first-order valence-electron chi connectivity index (χ1n) is 8.51. The summed E-state index contributed by atoms with van der Waals surface area (Å²) in [6.07, 6.45) is -4.38. The lowest BCUT2D eigenvalue weighted by Crippen LogP contribution is -2.22. The average molecular weight is 391 g/mol. The Balaban J connectivity index is 1.60. The molecule has 1 fully saturated rings. The fraction of sp³-hybridized carbons (Fsp3) is 0.263. The maximum Gasteiger partial charge on any atom is 0.416 e. The third-order valence-corrected chi connectivity index (χ3v) is 4.30. The van der Waals surface area contributed by atoms with Gasteiger partial charge in [0.2, 0.25) is 11.7 Å².